The summed E-state index contributed by atoms with van der Waals surface area (Å²) < 4.78 is 10.5. The summed E-state index contributed by atoms with van der Waals surface area (Å²) in [6.07, 6.45) is 1.29. The van der Waals surface area contributed by atoms with Gasteiger partial charge in [0.2, 0.25) is 5.91 Å². The van der Waals surface area contributed by atoms with Crippen molar-refractivity contribution in [1.29, 1.82) is 0 Å². The van der Waals surface area contributed by atoms with E-state index in [-0.39, 0.29) is 24.3 Å². The molecule has 0 N–H and O–H groups in total. The second kappa shape index (κ2) is 10.6. The molecule has 0 aliphatic carbocycles. The lowest BCUT2D eigenvalue weighted by Crippen LogP contribution is -2.38. The Balaban J connectivity index is 2.32. The monoisotopic (exact) mass is 321 g/mol. The second-order valence-electron chi connectivity index (χ2n) is 5.50. The Morgan fingerprint density at radius 2 is 1.83 bits per heavy atom. The minimum Gasteiger partial charge on any atom is -0.494 e. The Morgan fingerprint density at radius 1 is 1.13 bits per heavy atom. The van der Waals surface area contributed by atoms with Crippen LogP contribution in [0.25, 0.3) is 0 Å². The molecule has 1 amide bonds. The SMILES string of the molecule is CCOC(=O)CCN(C(=O)CCCOc1ccccc1)C(C)C. The molecule has 0 radical (unpaired) electrons. The largest absolute Gasteiger partial charge is 0.494 e. The molecule has 128 valence electrons. The molecule has 5 heteroatoms. The van der Waals surface area contributed by atoms with Gasteiger partial charge >= 0.3 is 5.97 Å². The Labute approximate surface area is 138 Å². The maximum Gasteiger partial charge on any atom is 0.307 e. The van der Waals surface area contributed by atoms with Crippen molar-refractivity contribution in [2.24, 2.45) is 0 Å². The van der Waals surface area contributed by atoms with Crippen LogP contribution in [-0.4, -0.2) is 42.6 Å². The van der Waals surface area contributed by atoms with Crippen LogP contribution >= 0.6 is 0 Å². The van der Waals surface area contributed by atoms with Crippen molar-refractivity contribution in [3.05, 3.63) is 30.3 Å². The second-order valence-corrected chi connectivity index (χ2v) is 5.50. The molecule has 0 bridgehead atoms. The predicted octanol–water partition coefficient (Wildman–Crippen LogP) is 3.04. The number of benzene rings is 1. The third-order valence-corrected chi connectivity index (χ3v) is 3.35. The molecule has 0 aliphatic rings. The van der Waals surface area contributed by atoms with Gasteiger partial charge in [-0.2, -0.15) is 0 Å². The molecular weight excluding hydrogens is 294 g/mol. The number of carbonyl (C=O) groups excluding carboxylic acids is 2. The standard InChI is InChI=1S/C18H27NO4/c1-4-22-18(21)12-13-19(15(2)3)17(20)11-8-14-23-16-9-6-5-7-10-16/h5-7,9-10,15H,4,8,11-14H2,1-3H3. The first kappa shape index (κ1) is 19.0. The number of rotatable bonds is 10. The summed E-state index contributed by atoms with van der Waals surface area (Å²) >= 11 is 0. The van der Waals surface area contributed by atoms with E-state index in [1.807, 2.05) is 44.2 Å². The summed E-state index contributed by atoms with van der Waals surface area (Å²) in [5.74, 6) is 0.585. The van der Waals surface area contributed by atoms with E-state index in [1.54, 1.807) is 11.8 Å². The van der Waals surface area contributed by atoms with E-state index in [4.69, 9.17) is 9.47 Å². The van der Waals surface area contributed by atoms with E-state index < -0.39 is 0 Å². The molecule has 0 aromatic heterocycles. The van der Waals surface area contributed by atoms with Crippen molar-refractivity contribution in [1.82, 2.24) is 4.90 Å². The van der Waals surface area contributed by atoms with E-state index in [2.05, 4.69) is 0 Å². The quantitative estimate of drug-likeness (QED) is 0.491. The molecular formula is C18H27NO4. The zero-order valence-electron chi connectivity index (χ0n) is 14.3. The van der Waals surface area contributed by atoms with Crippen molar-refractivity contribution < 1.29 is 19.1 Å². The van der Waals surface area contributed by atoms with Gasteiger partial charge in [-0.3, -0.25) is 9.59 Å². The molecule has 0 atom stereocenters. The Morgan fingerprint density at radius 3 is 2.43 bits per heavy atom. The number of amides is 1. The van der Waals surface area contributed by atoms with Gasteiger partial charge in [0.1, 0.15) is 5.75 Å². The molecule has 0 fully saturated rings. The van der Waals surface area contributed by atoms with Gasteiger partial charge in [0.25, 0.3) is 0 Å². The van der Waals surface area contributed by atoms with Crippen LogP contribution in [0.3, 0.4) is 0 Å². The van der Waals surface area contributed by atoms with Crippen molar-refractivity contribution in [2.75, 3.05) is 19.8 Å². The maximum absolute atomic E-state index is 12.3. The summed E-state index contributed by atoms with van der Waals surface area (Å²) in [5, 5.41) is 0. The van der Waals surface area contributed by atoms with Gasteiger partial charge in [0, 0.05) is 19.0 Å². The van der Waals surface area contributed by atoms with Crippen LogP contribution in [0, 0.1) is 0 Å². The van der Waals surface area contributed by atoms with E-state index in [1.165, 1.54) is 0 Å². The topological polar surface area (TPSA) is 55.8 Å². The Bertz CT molecular complexity index is 473. The van der Waals surface area contributed by atoms with E-state index >= 15 is 0 Å². The first-order valence-electron chi connectivity index (χ1n) is 8.17. The van der Waals surface area contributed by atoms with Crippen LogP contribution < -0.4 is 4.74 Å². The van der Waals surface area contributed by atoms with Crippen LogP contribution in [0.1, 0.15) is 40.0 Å². The van der Waals surface area contributed by atoms with Gasteiger partial charge in [-0.15, -0.1) is 0 Å². The van der Waals surface area contributed by atoms with Gasteiger partial charge in [-0.25, -0.2) is 0 Å². The fraction of sp³-hybridized carbons (Fsp3) is 0.556. The number of hydrogen-bond donors (Lipinski definition) is 0. The fourth-order valence-corrected chi connectivity index (χ4v) is 2.19. The van der Waals surface area contributed by atoms with E-state index in [9.17, 15) is 9.59 Å². The molecule has 0 unspecified atom stereocenters. The fourth-order valence-electron chi connectivity index (χ4n) is 2.19. The third kappa shape index (κ3) is 7.68. The number of nitrogens with zero attached hydrogens (tertiary/aromatic N) is 1. The summed E-state index contributed by atoms with van der Waals surface area (Å²) in [4.78, 5) is 25.4. The molecule has 0 saturated carbocycles. The molecule has 0 heterocycles. The van der Waals surface area contributed by atoms with Crippen LogP contribution in [0.15, 0.2) is 30.3 Å². The van der Waals surface area contributed by atoms with Crippen LogP contribution in [-0.2, 0) is 14.3 Å². The van der Waals surface area contributed by atoms with Crippen molar-refractivity contribution >= 4 is 11.9 Å². The van der Waals surface area contributed by atoms with Gasteiger partial charge in [0.15, 0.2) is 0 Å². The van der Waals surface area contributed by atoms with Gasteiger partial charge in [-0.05, 0) is 39.3 Å². The zero-order chi connectivity index (χ0) is 17.1. The lowest BCUT2D eigenvalue weighted by Gasteiger charge is -2.26. The molecule has 5 nitrogen and oxygen atoms in total. The molecule has 23 heavy (non-hydrogen) atoms. The lowest BCUT2D eigenvalue weighted by atomic mass is 10.2. The molecule has 1 aromatic rings. The first-order valence-corrected chi connectivity index (χ1v) is 8.17. The van der Waals surface area contributed by atoms with Crippen LogP contribution in [0.5, 0.6) is 5.75 Å². The highest BCUT2D eigenvalue weighted by Crippen LogP contribution is 2.10. The number of hydrogen-bond acceptors (Lipinski definition) is 4. The highest BCUT2D eigenvalue weighted by atomic mass is 16.5. The average molecular weight is 321 g/mol. The number of ether oxygens (including phenoxy) is 2. The Kier molecular flexibility index (Phi) is 8.80. The Hall–Kier alpha value is -2.04. The molecule has 0 aliphatic heterocycles. The smallest absolute Gasteiger partial charge is 0.307 e. The highest BCUT2D eigenvalue weighted by Gasteiger charge is 2.18. The van der Waals surface area contributed by atoms with Crippen molar-refractivity contribution in [2.45, 2.75) is 46.1 Å². The van der Waals surface area contributed by atoms with Gasteiger partial charge in [-0.1, -0.05) is 18.2 Å². The maximum atomic E-state index is 12.3. The average Bonchev–Trinajstić information content (AvgIpc) is 2.52. The minimum absolute atomic E-state index is 0.0426. The van der Waals surface area contributed by atoms with Crippen LogP contribution in [0.2, 0.25) is 0 Å². The third-order valence-electron chi connectivity index (χ3n) is 3.35. The van der Waals surface area contributed by atoms with Crippen molar-refractivity contribution in [3.8, 4) is 5.75 Å². The molecule has 1 aromatic carbocycles. The van der Waals surface area contributed by atoms with Gasteiger partial charge < -0.3 is 14.4 Å². The summed E-state index contributed by atoms with van der Waals surface area (Å²) in [6, 6.07) is 9.60. The lowest BCUT2D eigenvalue weighted by molar-refractivity contribution is -0.144. The number of carbonyl (C=O) groups is 2. The predicted molar refractivity (Wildman–Crippen MR) is 89.3 cm³/mol. The minimum atomic E-state index is -0.265. The number of para-hydroxylation sites is 1. The van der Waals surface area contributed by atoms with E-state index in [0.717, 1.165) is 5.75 Å². The molecule has 1 rings (SSSR count). The first-order chi connectivity index (χ1) is 11.0. The summed E-state index contributed by atoms with van der Waals surface area (Å²) in [7, 11) is 0. The number of esters is 1. The van der Waals surface area contributed by atoms with E-state index in [0.29, 0.717) is 32.6 Å². The molecule has 0 saturated heterocycles. The normalized spacial score (nSPS) is 10.4. The molecule has 0 spiro atoms. The van der Waals surface area contributed by atoms with Gasteiger partial charge in [0.05, 0.1) is 19.6 Å². The highest BCUT2D eigenvalue weighted by molar-refractivity contribution is 5.77. The summed E-state index contributed by atoms with van der Waals surface area (Å²) in [5.41, 5.74) is 0. The zero-order valence-corrected chi connectivity index (χ0v) is 14.3. The van der Waals surface area contributed by atoms with Crippen LogP contribution in [0.4, 0.5) is 0 Å². The summed E-state index contributed by atoms with van der Waals surface area (Å²) in [6.45, 7) is 6.93. The van der Waals surface area contributed by atoms with Crippen molar-refractivity contribution in [3.63, 3.8) is 0 Å².